The molecule has 88 valence electrons. The van der Waals surface area contributed by atoms with E-state index in [0.29, 0.717) is 22.9 Å². The summed E-state index contributed by atoms with van der Waals surface area (Å²) in [7, 11) is 0. The third-order valence-corrected chi connectivity index (χ3v) is 3.06. The van der Waals surface area contributed by atoms with Crippen molar-refractivity contribution in [3.63, 3.8) is 0 Å². The van der Waals surface area contributed by atoms with Crippen molar-refractivity contribution in [1.29, 1.82) is 0 Å². The minimum atomic E-state index is 0.136. The number of carbonyl (C=O) groups is 1. The first-order valence-electron chi connectivity index (χ1n) is 5.59. The zero-order valence-electron chi connectivity index (χ0n) is 9.22. The highest BCUT2D eigenvalue weighted by atomic mass is 35.5. The molecule has 3 heteroatoms. The van der Waals surface area contributed by atoms with Gasteiger partial charge >= 0.3 is 0 Å². The van der Waals surface area contributed by atoms with E-state index in [1.807, 2.05) is 12.1 Å². The van der Waals surface area contributed by atoms with Gasteiger partial charge in [0, 0.05) is 17.9 Å². The molecule has 16 heavy (non-hydrogen) atoms. The topological polar surface area (TPSA) is 17.1 Å². The van der Waals surface area contributed by atoms with E-state index < -0.39 is 0 Å². The van der Waals surface area contributed by atoms with Crippen molar-refractivity contribution in [2.24, 2.45) is 0 Å². The van der Waals surface area contributed by atoms with E-state index in [1.54, 1.807) is 12.1 Å². The number of hydrogen-bond acceptors (Lipinski definition) is 1. The molecule has 0 atom stereocenters. The zero-order chi connectivity index (χ0) is 11.8. The highest BCUT2D eigenvalue weighted by Gasteiger charge is 2.08. The van der Waals surface area contributed by atoms with Crippen LogP contribution in [-0.4, -0.2) is 11.7 Å². The summed E-state index contributed by atoms with van der Waals surface area (Å²) in [6, 6.07) is 7.21. The lowest BCUT2D eigenvalue weighted by molar-refractivity contribution is 0.0979. The third-order valence-electron chi connectivity index (χ3n) is 2.46. The zero-order valence-corrected chi connectivity index (χ0v) is 10.7. The summed E-state index contributed by atoms with van der Waals surface area (Å²) in [6.07, 6.45) is 4.68. The van der Waals surface area contributed by atoms with Crippen molar-refractivity contribution >= 4 is 29.0 Å². The first kappa shape index (κ1) is 13.5. The average molecular weight is 259 g/mol. The molecule has 0 aliphatic rings. The largest absolute Gasteiger partial charge is 0.294 e. The molecule has 0 amide bonds. The molecule has 0 spiro atoms. The molecule has 0 radical (unpaired) electrons. The van der Waals surface area contributed by atoms with Gasteiger partial charge in [0.25, 0.3) is 0 Å². The molecule has 1 aromatic rings. The Balaban J connectivity index is 2.33. The van der Waals surface area contributed by atoms with Crippen LogP contribution in [0.5, 0.6) is 0 Å². The summed E-state index contributed by atoms with van der Waals surface area (Å²) in [4.78, 5) is 11.8. The van der Waals surface area contributed by atoms with Crippen molar-refractivity contribution in [3.05, 3.63) is 34.9 Å². The van der Waals surface area contributed by atoms with Crippen LogP contribution in [-0.2, 0) is 0 Å². The molecule has 0 N–H and O–H groups in total. The maximum Gasteiger partial charge on any atom is 0.164 e. The van der Waals surface area contributed by atoms with Crippen LogP contribution < -0.4 is 0 Å². The highest BCUT2D eigenvalue weighted by Crippen LogP contribution is 2.18. The Bertz CT molecular complexity index is 336. The summed E-state index contributed by atoms with van der Waals surface area (Å²) >= 11 is 11.5. The van der Waals surface area contributed by atoms with Crippen LogP contribution in [0.1, 0.15) is 42.5 Å². The number of hydrogen-bond donors (Lipinski definition) is 0. The van der Waals surface area contributed by atoms with Gasteiger partial charge in [-0.25, -0.2) is 0 Å². The van der Waals surface area contributed by atoms with E-state index in [9.17, 15) is 4.79 Å². The molecule has 1 rings (SSSR count). The maximum atomic E-state index is 11.8. The number of alkyl halides is 1. The van der Waals surface area contributed by atoms with Gasteiger partial charge in [0.15, 0.2) is 5.78 Å². The molecule has 0 unspecified atom stereocenters. The first-order valence-corrected chi connectivity index (χ1v) is 6.50. The Morgan fingerprint density at radius 2 is 1.75 bits per heavy atom. The van der Waals surface area contributed by atoms with Crippen molar-refractivity contribution in [3.8, 4) is 0 Å². The second-order valence-electron chi connectivity index (χ2n) is 3.76. The van der Waals surface area contributed by atoms with Gasteiger partial charge in [0.1, 0.15) is 0 Å². The van der Waals surface area contributed by atoms with E-state index in [4.69, 9.17) is 23.2 Å². The maximum absolute atomic E-state index is 11.8. The minimum absolute atomic E-state index is 0.136. The minimum Gasteiger partial charge on any atom is -0.294 e. The van der Waals surface area contributed by atoms with Gasteiger partial charge in [-0.1, -0.05) is 36.6 Å². The summed E-state index contributed by atoms with van der Waals surface area (Å²) in [5.74, 6) is 0.842. The molecule has 0 saturated carbocycles. The lowest BCUT2D eigenvalue weighted by atomic mass is 10.0. The van der Waals surface area contributed by atoms with E-state index in [-0.39, 0.29) is 5.78 Å². The monoisotopic (exact) mass is 258 g/mol. The van der Waals surface area contributed by atoms with Gasteiger partial charge in [0.2, 0.25) is 0 Å². The Hall–Kier alpha value is -0.530. The van der Waals surface area contributed by atoms with Crippen LogP contribution in [0.15, 0.2) is 24.3 Å². The SMILES string of the molecule is O=C(CCCCCCCl)c1ccccc1Cl. The van der Waals surface area contributed by atoms with Crippen LogP contribution in [0, 0.1) is 0 Å². The molecule has 1 aromatic carbocycles. The fourth-order valence-corrected chi connectivity index (χ4v) is 1.99. The number of benzene rings is 1. The fourth-order valence-electron chi connectivity index (χ4n) is 1.56. The Labute approximate surface area is 107 Å². The molecule has 0 saturated heterocycles. The van der Waals surface area contributed by atoms with Gasteiger partial charge in [0.05, 0.1) is 5.02 Å². The van der Waals surface area contributed by atoms with E-state index in [2.05, 4.69) is 0 Å². The quantitative estimate of drug-likeness (QED) is 0.393. The smallest absolute Gasteiger partial charge is 0.164 e. The normalized spacial score (nSPS) is 10.4. The standard InChI is InChI=1S/C13H16Cl2O/c14-10-6-2-1-3-9-13(16)11-7-4-5-8-12(11)15/h4-5,7-8H,1-3,6,9-10H2. The summed E-state index contributed by atoms with van der Waals surface area (Å²) < 4.78 is 0. The molecule has 0 aromatic heterocycles. The average Bonchev–Trinajstić information content (AvgIpc) is 2.29. The molecule has 0 aliphatic carbocycles. The lowest BCUT2D eigenvalue weighted by Crippen LogP contribution is -1.99. The Morgan fingerprint density at radius 3 is 2.44 bits per heavy atom. The fraction of sp³-hybridized carbons (Fsp3) is 0.462. The molecule has 1 nitrogen and oxygen atoms in total. The predicted octanol–water partition coefficient (Wildman–Crippen LogP) is 4.71. The molecular weight excluding hydrogens is 243 g/mol. The van der Waals surface area contributed by atoms with Crippen molar-refractivity contribution in [1.82, 2.24) is 0 Å². The molecule has 0 fully saturated rings. The molecule has 0 aliphatic heterocycles. The molecule has 0 heterocycles. The lowest BCUT2D eigenvalue weighted by Gasteiger charge is -2.03. The van der Waals surface area contributed by atoms with E-state index >= 15 is 0 Å². The number of rotatable bonds is 7. The van der Waals surface area contributed by atoms with Crippen LogP contribution in [0.3, 0.4) is 0 Å². The number of halogens is 2. The van der Waals surface area contributed by atoms with E-state index in [0.717, 1.165) is 25.7 Å². The highest BCUT2D eigenvalue weighted by molar-refractivity contribution is 6.33. The number of ketones is 1. The van der Waals surface area contributed by atoms with E-state index in [1.165, 1.54) is 0 Å². The molecule has 0 bridgehead atoms. The summed E-state index contributed by atoms with van der Waals surface area (Å²) in [5, 5.41) is 0.549. The number of unbranched alkanes of at least 4 members (excludes halogenated alkanes) is 3. The Morgan fingerprint density at radius 1 is 1.06 bits per heavy atom. The van der Waals surface area contributed by atoms with Gasteiger partial charge in [-0.2, -0.15) is 0 Å². The van der Waals surface area contributed by atoms with Crippen LogP contribution >= 0.6 is 23.2 Å². The van der Waals surface area contributed by atoms with Crippen molar-refractivity contribution < 1.29 is 4.79 Å². The third kappa shape index (κ3) is 4.54. The van der Waals surface area contributed by atoms with Gasteiger partial charge in [-0.05, 0) is 25.0 Å². The first-order chi connectivity index (χ1) is 7.75. The van der Waals surface area contributed by atoms with Crippen molar-refractivity contribution in [2.75, 3.05) is 5.88 Å². The predicted molar refractivity (Wildman–Crippen MR) is 69.6 cm³/mol. The Kier molecular flexibility index (Phi) is 6.51. The number of carbonyl (C=O) groups excluding carboxylic acids is 1. The summed E-state index contributed by atoms with van der Waals surface area (Å²) in [6.45, 7) is 0. The van der Waals surface area contributed by atoms with Crippen LogP contribution in [0.2, 0.25) is 5.02 Å². The van der Waals surface area contributed by atoms with Gasteiger partial charge < -0.3 is 0 Å². The van der Waals surface area contributed by atoms with Crippen LogP contribution in [0.25, 0.3) is 0 Å². The van der Waals surface area contributed by atoms with Gasteiger partial charge in [-0.15, -0.1) is 11.6 Å². The van der Waals surface area contributed by atoms with Gasteiger partial charge in [-0.3, -0.25) is 4.79 Å². The molecular formula is C13H16Cl2O. The summed E-state index contributed by atoms with van der Waals surface area (Å²) in [5.41, 5.74) is 0.640. The van der Waals surface area contributed by atoms with Crippen LogP contribution in [0.4, 0.5) is 0 Å². The number of Topliss-reactive ketones (excluding diaryl/α,β-unsaturated/α-hetero) is 1. The second kappa shape index (κ2) is 7.70. The second-order valence-corrected chi connectivity index (χ2v) is 4.54. The van der Waals surface area contributed by atoms with Crippen molar-refractivity contribution in [2.45, 2.75) is 32.1 Å².